The van der Waals surface area contributed by atoms with Crippen LogP contribution in [-0.2, 0) is 17.6 Å². The van der Waals surface area contributed by atoms with Gasteiger partial charge in [0, 0.05) is 17.3 Å². The molecule has 0 saturated heterocycles. The molecular formula is C20H27N3O3S. The molecule has 2 aromatic heterocycles. The van der Waals surface area contributed by atoms with E-state index in [9.17, 15) is 4.79 Å². The van der Waals surface area contributed by atoms with E-state index in [1.165, 1.54) is 10.4 Å². The molecule has 4 rings (SSSR count). The van der Waals surface area contributed by atoms with Crippen molar-refractivity contribution in [3.63, 3.8) is 0 Å². The molecule has 2 aliphatic carbocycles. The first-order valence-corrected chi connectivity index (χ1v) is 10.6. The summed E-state index contributed by atoms with van der Waals surface area (Å²) >= 11 is 1.72. The van der Waals surface area contributed by atoms with Gasteiger partial charge >= 0.3 is 5.97 Å². The average Bonchev–Trinajstić information content (AvgIpc) is 3.00. The van der Waals surface area contributed by atoms with Crippen molar-refractivity contribution in [2.24, 2.45) is 5.92 Å². The van der Waals surface area contributed by atoms with Crippen LogP contribution in [0.15, 0.2) is 6.33 Å². The molecule has 1 N–H and O–H groups in total. The molecule has 0 unspecified atom stereocenters. The number of aliphatic carboxylic acids is 1. The normalized spacial score (nSPS) is 25.5. The van der Waals surface area contributed by atoms with Gasteiger partial charge in [-0.3, -0.25) is 4.79 Å². The lowest BCUT2D eigenvalue weighted by atomic mass is 9.85. The molecule has 1 saturated carbocycles. The molecular weight excluding hydrogens is 362 g/mol. The number of aromatic nitrogens is 2. The number of carboxylic acid groups (broad SMARTS) is 1. The van der Waals surface area contributed by atoms with E-state index in [4.69, 9.17) is 9.84 Å². The van der Waals surface area contributed by atoms with E-state index in [0.717, 1.165) is 55.2 Å². The minimum absolute atomic E-state index is 0.191. The van der Waals surface area contributed by atoms with Crippen LogP contribution in [0.2, 0.25) is 0 Å². The Morgan fingerprint density at radius 1 is 1.26 bits per heavy atom. The van der Waals surface area contributed by atoms with Gasteiger partial charge in [-0.2, -0.15) is 0 Å². The van der Waals surface area contributed by atoms with Crippen LogP contribution in [0.4, 0.5) is 0 Å². The summed E-state index contributed by atoms with van der Waals surface area (Å²) in [7, 11) is 4.29. The molecule has 2 heterocycles. The summed E-state index contributed by atoms with van der Waals surface area (Å²) in [5.74, 6) is 0.173. The Kier molecular flexibility index (Phi) is 5.32. The molecule has 6 nitrogen and oxygen atoms in total. The number of hydrogen-bond acceptors (Lipinski definition) is 6. The van der Waals surface area contributed by atoms with Crippen molar-refractivity contribution < 1.29 is 14.6 Å². The molecule has 0 amide bonds. The summed E-state index contributed by atoms with van der Waals surface area (Å²) in [5, 5.41) is 10.2. The zero-order valence-electron chi connectivity index (χ0n) is 16.0. The molecule has 1 atom stereocenters. The SMILES string of the molecule is CN(C)[C@H]1CC[C@H](Oc2ncnc3sc4c(c23)C[C@H](CC(=O)O)CC4)CC1. The van der Waals surface area contributed by atoms with Crippen molar-refractivity contribution in [2.75, 3.05) is 14.1 Å². The number of carboxylic acids is 1. The van der Waals surface area contributed by atoms with E-state index < -0.39 is 5.97 Å². The first-order valence-electron chi connectivity index (χ1n) is 9.81. The van der Waals surface area contributed by atoms with Gasteiger partial charge in [0.25, 0.3) is 0 Å². The monoisotopic (exact) mass is 389 g/mol. The second-order valence-electron chi connectivity index (χ2n) is 8.08. The number of thiophene rings is 1. The van der Waals surface area contributed by atoms with Crippen LogP contribution >= 0.6 is 11.3 Å². The summed E-state index contributed by atoms with van der Waals surface area (Å²) in [4.78, 5) is 24.7. The number of rotatable bonds is 5. The Hall–Kier alpha value is -1.73. The minimum atomic E-state index is -0.714. The molecule has 0 bridgehead atoms. The highest BCUT2D eigenvalue weighted by Gasteiger charge is 2.29. The summed E-state index contributed by atoms with van der Waals surface area (Å²) in [6.07, 6.45) is 9.07. The zero-order chi connectivity index (χ0) is 19.0. The second kappa shape index (κ2) is 7.72. The molecule has 7 heteroatoms. The molecule has 0 aliphatic heterocycles. The maximum atomic E-state index is 11.1. The number of hydrogen-bond donors (Lipinski definition) is 1. The summed E-state index contributed by atoms with van der Waals surface area (Å²) in [5.41, 5.74) is 1.23. The van der Waals surface area contributed by atoms with E-state index in [1.807, 2.05) is 0 Å². The maximum Gasteiger partial charge on any atom is 0.303 e. The van der Waals surface area contributed by atoms with Gasteiger partial charge in [-0.05, 0) is 70.5 Å². The van der Waals surface area contributed by atoms with Crippen LogP contribution in [0.1, 0.15) is 49.0 Å². The predicted molar refractivity (Wildman–Crippen MR) is 106 cm³/mol. The predicted octanol–water partition coefficient (Wildman–Crippen LogP) is 3.52. The standard InChI is InChI=1S/C20H27N3O3S/c1-23(2)13-4-6-14(7-5-13)26-19-18-15-9-12(10-17(24)25)3-8-16(15)27-20(18)22-11-21-19/h11-14H,3-10H2,1-2H3,(H,24,25)/t12-,13-,14-/m1/s1. The fourth-order valence-corrected chi connectivity index (χ4v) is 5.67. The molecule has 0 spiro atoms. The van der Waals surface area contributed by atoms with Gasteiger partial charge in [0.05, 0.1) is 5.39 Å². The zero-order valence-corrected chi connectivity index (χ0v) is 16.8. The van der Waals surface area contributed by atoms with E-state index in [0.29, 0.717) is 11.9 Å². The van der Waals surface area contributed by atoms with E-state index >= 15 is 0 Å². The van der Waals surface area contributed by atoms with Crippen molar-refractivity contribution in [1.29, 1.82) is 0 Å². The maximum absolute atomic E-state index is 11.1. The highest BCUT2D eigenvalue weighted by molar-refractivity contribution is 7.18. The van der Waals surface area contributed by atoms with Gasteiger partial charge in [0.2, 0.25) is 5.88 Å². The topological polar surface area (TPSA) is 75.5 Å². The number of ether oxygens (including phenoxy) is 1. The summed E-state index contributed by atoms with van der Waals surface area (Å²) < 4.78 is 6.36. The van der Waals surface area contributed by atoms with Crippen molar-refractivity contribution >= 4 is 27.5 Å². The fraction of sp³-hybridized carbons (Fsp3) is 0.650. The number of aryl methyl sites for hydroxylation is 1. The van der Waals surface area contributed by atoms with Crippen molar-refractivity contribution in [2.45, 2.75) is 63.5 Å². The van der Waals surface area contributed by atoms with Gasteiger partial charge in [-0.1, -0.05) is 0 Å². The van der Waals surface area contributed by atoms with Crippen LogP contribution in [0.25, 0.3) is 10.2 Å². The van der Waals surface area contributed by atoms with E-state index in [-0.39, 0.29) is 18.4 Å². The molecule has 2 aliphatic rings. The smallest absolute Gasteiger partial charge is 0.303 e. The summed E-state index contributed by atoms with van der Waals surface area (Å²) in [6, 6.07) is 0.640. The average molecular weight is 390 g/mol. The minimum Gasteiger partial charge on any atom is -0.481 e. The highest BCUT2D eigenvalue weighted by atomic mass is 32.1. The van der Waals surface area contributed by atoms with Crippen molar-refractivity contribution in [1.82, 2.24) is 14.9 Å². The Balaban J connectivity index is 1.56. The Labute approximate surface area is 163 Å². The molecule has 27 heavy (non-hydrogen) atoms. The quantitative estimate of drug-likeness (QED) is 0.843. The van der Waals surface area contributed by atoms with Crippen LogP contribution in [-0.4, -0.2) is 52.2 Å². The van der Waals surface area contributed by atoms with Gasteiger partial charge < -0.3 is 14.7 Å². The largest absolute Gasteiger partial charge is 0.481 e. The van der Waals surface area contributed by atoms with E-state index in [2.05, 4.69) is 29.0 Å². The third-order valence-corrected chi connectivity index (χ3v) is 7.22. The molecule has 146 valence electrons. The molecule has 0 aromatic carbocycles. The second-order valence-corrected chi connectivity index (χ2v) is 9.17. The lowest BCUT2D eigenvalue weighted by molar-refractivity contribution is -0.138. The van der Waals surface area contributed by atoms with E-state index in [1.54, 1.807) is 17.7 Å². The third-order valence-electron chi connectivity index (χ3n) is 6.02. The van der Waals surface area contributed by atoms with Crippen LogP contribution in [0.3, 0.4) is 0 Å². The third kappa shape index (κ3) is 3.94. The van der Waals surface area contributed by atoms with Gasteiger partial charge in [0.15, 0.2) is 0 Å². The molecule has 2 aromatic rings. The number of carbonyl (C=O) groups is 1. The fourth-order valence-electron chi connectivity index (χ4n) is 4.50. The number of nitrogens with zero attached hydrogens (tertiary/aromatic N) is 3. The first kappa shape index (κ1) is 18.6. The van der Waals surface area contributed by atoms with Crippen LogP contribution < -0.4 is 4.74 Å². The van der Waals surface area contributed by atoms with Crippen LogP contribution in [0.5, 0.6) is 5.88 Å². The lowest BCUT2D eigenvalue weighted by Crippen LogP contribution is -2.35. The Bertz CT molecular complexity index is 827. The lowest BCUT2D eigenvalue weighted by Gasteiger charge is -2.32. The first-order chi connectivity index (χ1) is 13.0. The van der Waals surface area contributed by atoms with Crippen molar-refractivity contribution in [3.8, 4) is 5.88 Å². The highest BCUT2D eigenvalue weighted by Crippen LogP contribution is 2.41. The number of fused-ring (bicyclic) bond motifs is 3. The molecule has 1 fully saturated rings. The summed E-state index contributed by atoms with van der Waals surface area (Å²) in [6.45, 7) is 0. The van der Waals surface area contributed by atoms with Crippen molar-refractivity contribution in [3.05, 3.63) is 16.8 Å². The van der Waals surface area contributed by atoms with Gasteiger partial charge in [0.1, 0.15) is 17.3 Å². The Morgan fingerprint density at radius 2 is 2.04 bits per heavy atom. The molecule has 0 radical (unpaired) electrons. The van der Waals surface area contributed by atoms with Crippen LogP contribution in [0, 0.1) is 5.92 Å². The van der Waals surface area contributed by atoms with Gasteiger partial charge in [-0.25, -0.2) is 9.97 Å². The van der Waals surface area contributed by atoms with Gasteiger partial charge in [-0.15, -0.1) is 11.3 Å². The Morgan fingerprint density at radius 3 is 2.74 bits per heavy atom.